The molecule has 0 fully saturated rings. The number of amides is 1. The second-order valence-corrected chi connectivity index (χ2v) is 5.95. The Balaban J connectivity index is 1.95. The van der Waals surface area contributed by atoms with Crippen molar-refractivity contribution in [2.75, 3.05) is 6.54 Å². The molecule has 8 heteroatoms. The molecule has 118 valence electrons. The average molecular weight is 322 g/mol. The molecule has 1 amide bonds. The summed E-state index contributed by atoms with van der Waals surface area (Å²) in [4.78, 5) is 39.8. The Morgan fingerprint density at radius 2 is 2.05 bits per heavy atom. The van der Waals surface area contributed by atoms with Crippen LogP contribution in [0.15, 0.2) is 21.0 Å². The second kappa shape index (κ2) is 6.69. The number of nitrogens with zero attached hydrogens (tertiary/aromatic N) is 3. The van der Waals surface area contributed by atoms with Gasteiger partial charge >= 0.3 is 5.69 Å². The molecule has 2 heterocycles. The van der Waals surface area contributed by atoms with Crippen LogP contribution in [0.3, 0.4) is 0 Å². The summed E-state index contributed by atoms with van der Waals surface area (Å²) in [5.74, 6) is -0.424. The molecule has 0 saturated heterocycles. The fourth-order valence-electron chi connectivity index (χ4n) is 2.00. The van der Waals surface area contributed by atoms with Gasteiger partial charge in [-0.3, -0.25) is 18.7 Å². The van der Waals surface area contributed by atoms with E-state index < -0.39 is 17.2 Å². The molecular formula is C14H18N4O3S. The standard InChI is InChI=1S/C14H18N4O3S/c1-9-8-22-11(16-9)5-4-6-15-13(20)10-7-12(19)18(3)14(21)17(10)2/h7-8H,4-6H2,1-3H3,(H,15,20). The van der Waals surface area contributed by atoms with E-state index in [4.69, 9.17) is 0 Å². The number of aryl methyl sites for hydroxylation is 2. The molecule has 2 rings (SSSR count). The first kappa shape index (κ1) is 16.2. The average Bonchev–Trinajstić information content (AvgIpc) is 2.90. The number of thiazole rings is 1. The minimum Gasteiger partial charge on any atom is -0.351 e. The van der Waals surface area contributed by atoms with E-state index in [9.17, 15) is 14.4 Å². The zero-order chi connectivity index (χ0) is 16.3. The highest BCUT2D eigenvalue weighted by Gasteiger charge is 2.13. The predicted octanol–water partition coefficient (Wildman–Crippen LogP) is 0.212. The van der Waals surface area contributed by atoms with Gasteiger partial charge in [-0.05, 0) is 13.3 Å². The monoisotopic (exact) mass is 322 g/mol. The maximum atomic E-state index is 12.1. The Hall–Kier alpha value is -2.22. The quantitative estimate of drug-likeness (QED) is 0.798. The zero-order valence-corrected chi connectivity index (χ0v) is 13.6. The van der Waals surface area contributed by atoms with Crippen LogP contribution in [0.2, 0.25) is 0 Å². The number of rotatable bonds is 5. The van der Waals surface area contributed by atoms with E-state index in [1.165, 1.54) is 24.7 Å². The maximum absolute atomic E-state index is 12.1. The molecule has 1 N–H and O–H groups in total. The van der Waals surface area contributed by atoms with Gasteiger partial charge in [-0.25, -0.2) is 9.78 Å². The molecule has 22 heavy (non-hydrogen) atoms. The first-order valence-electron chi connectivity index (χ1n) is 6.86. The number of hydrogen-bond donors (Lipinski definition) is 1. The van der Waals surface area contributed by atoms with E-state index in [0.29, 0.717) is 6.54 Å². The van der Waals surface area contributed by atoms with Gasteiger partial charge in [0, 0.05) is 44.2 Å². The molecule has 0 radical (unpaired) electrons. The Morgan fingerprint density at radius 3 is 2.68 bits per heavy atom. The third-order valence-electron chi connectivity index (χ3n) is 3.28. The number of nitrogens with one attached hydrogen (secondary N) is 1. The van der Waals surface area contributed by atoms with Crippen LogP contribution >= 0.6 is 11.3 Å². The lowest BCUT2D eigenvalue weighted by Gasteiger charge is -2.09. The summed E-state index contributed by atoms with van der Waals surface area (Å²) in [6.45, 7) is 2.40. The SMILES string of the molecule is Cc1csc(CCCNC(=O)c2cc(=O)n(C)c(=O)n2C)n1. The Labute approximate surface area is 131 Å². The van der Waals surface area contributed by atoms with Gasteiger partial charge in [-0.15, -0.1) is 11.3 Å². The first-order chi connectivity index (χ1) is 10.4. The van der Waals surface area contributed by atoms with Crippen LogP contribution in [0.5, 0.6) is 0 Å². The summed E-state index contributed by atoms with van der Waals surface area (Å²) in [6, 6.07) is 1.17. The number of aromatic nitrogens is 3. The summed E-state index contributed by atoms with van der Waals surface area (Å²) < 4.78 is 2.13. The molecule has 0 aliphatic carbocycles. The Morgan fingerprint density at radius 1 is 1.32 bits per heavy atom. The van der Waals surface area contributed by atoms with Crippen molar-refractivity contribution in [3.05, 3.63) is 48.7 Å². The van der Waals surface area contributed by atoms with E-state index in [1.54, 1.807) is 11.3 Å². The smallest absolute Gasteiger partial charge is 0.331 e. The van der Waals surface area contributed by atoms with Gasteiger partial charge in [-0.2, -0.15) is 0 Å². The second-order valence-electron chi connectivity index (χ2n) is 5.01. The first-order valence-corrected chi connectivity index (χ1v) is 7.74. The van der Waals surface area contributed by atoms with Crippen molar-refractivity contribution < 1.29 is 4.79 Å². The van der Waals surface area contributed by atoms with Crippen molar-refractivity contribution in [1.82, 2.24) is 19.4 Å². The van der Waals surface area contributed by atoms with Gasteiger partial charge in [0.15, 0.2) is 0 Å². The van der Waals surface area contributed by atoms with E-state index >= 15 is 0 Å². The van der Waals surface area contributed by atoms with E-state index in [1.807, 2.05) is 12.3 Å². The normalized spacial score (nSPS) is 10.7. The van der Waals surface area contributed by atoms with Gasteiger partial charge in [0.1, 0.15) is 5.69 Å². The van der Waals surface area contributed by atoms with Crippen molar-refractivity contribution in [2.45, 2.75) is 19.8 Å². The molecule has 0 saturated carbocycles. The molecule has 2 aromatic heterocycles. The number of carbonyl (C=O) groups is 1. The largest absolute Gasteiger partial charge is 0.351 e. The molecule has 0 bridgehead atoms. The summed E-state index contributed by atoms with van der Waals surface area (Å²) in [6.07, 6.45) is 1.53. The van der Waals surface area contributed by atoms with Crippen molar-refractivity contribution >= 4 is 17.2 Å². The van der Waals surface area contributed by atoms with E-state index in [2.05, 4.69) is 10.3 Å². The minimum atomic E-state index is -0.518. The van der Waals surface area contributed by atoms with Crippen molar-refractivity contribution in [3.63, 3.8) is 0 Å². The van der Waals surface area contributed by atoms with Crippen LogP contribution < -0.4 is 16.6 Å². The predicted molar refractivity (Wildman–Crippen MR) is 84.4 cm³/mol. The minimum absolute atomic E-state index is 0.0678. The topological polar surface area (TPSA) is 86.0 Å². The van der Waals surface area contributed by atoms with Crippen molar-refractivity contribution in [2.24, 2.45) is 14.1 Å². The van der Waals surface area contributed by atoms with Gasteiger partial charge in [0.05, 0.1) is 5.01 Å². The molecular weight excluding hydrogens is 304 g/mol. The Kier molecular flexibility index (Phi) is 4.92. The third-order valence-corrected chi connectivity index (χ3v) is 4.30. The molecule has 0 spiro atoms. The van der Waals surface area contributed by atoms with E-state index in [0.717, 1.165) is 28.1 Å². The van der Waals surface area contributed by atoms with Crippen molar-refractivity contribution in [3.8, 4) is 0 Å². The number of carbonyl (C=O) groups excluding carboxylic acids is 1. The van der Waals surface area contributed by atoms with Crippen LogP contribution in [-0.2, 0) is 20.5 Å². The van der Waals surface area contributed by atoms with Crippen molar-refractivity contribution in [1.29, 1.82) is 0 Å². The van der Waals surface area contributed by atoms with Crippen LogP contribution in [0, 0.1) is 6.92 Å². The van der Waals surface area contributed by atoms with Gasteiger partial charge in [0.2, 0.25) is 0 Å². The molecule has 2 aromatic rings. The summed E-state index contributed by atoms with van der Waals surface area (Å²) in [5.41, 5.74) is 0.0554. The summed E-state index contributed by atoms with van der Waals surface area (Å²) in [7, 11) is 2.84. The van der Waals surface area contributed by atoms with Crippen LogP contribution in [-0.4, -0.2) is 26.6 Å². The highest BCUT2D eigenvalue weighted by molar-refractivity contribution is 7.09. The highest BCUT2D eigenvalue weighted by atomic mass is 32.1. The third kappa shape index (κ3) is 3.51. The summed E-state index contributed by atoms with van der Waals surface area (Å²) >= 11 is 1.60. The highest BCUT2D eigenvalue weighted by Crippen LogP contribution is 2.10. The summed E-state index contributed by atoms with van der Waals surface area (Å²) in [5, 5.41) is 5.75. The Bertz CT molecular complexity index is 803. The van der Waals surface area contributed by atoms with E-state index in [-0.39, 0.29) is 5.69 Å². The zero-order valence-electron chi connectivity index (χ0n) is 12.8. The number of hydrogen-bond acceptors (Lipinski definition) is 5. The molecule has 0 aromatic carbocycles. The van der Waals surface area contributed by atoms with Crippen LogP contribution in [0.1, 0.15) is 27.6 Å². The fraction of sp³-hybridized carbons (Fsp3) is 0.429. The van der Waals surface area contributed by atoms with Gasteiger partial charge < -0.3 is 5.32 Å². The molecule has 0 aliphatic rings. The molecule has 0 unspecified atom stereocenters. The van der Waals surface area contributed by atoms with Crippen LogP contribution in [0.4, 0.5) is 0 Å². The lowest BCUT2D eigenvalue weighted by atomic mass is 10.3. The maximum Gasteiger partial charge on any atom is 0.331 e. The lowest BCUT2D eigenvalue weighted by Crippen LogP contribution is -2.41. The molecule has 7 nitrogen and oxygen atoms in total. The fourth-order valence-corrected chi connectivity index (χ4v) is 2.82. The van der Waals surface area contributed by atoms with Gasteiger partial charge in [0.25, 0.3) is 11.5 Å². The molecule has 0 atom stereocenters. The lowest BCUT2D eigenvalue weighted by molar-refractivity contribution is 0.0943. The van der Waals surface area contributed by atoms with Gasteiger partial charge in [-0.1, -0.05) is 0 Å². The molecule has 0 aliphatic heterocycles. The van der Waals surface area contributed by atoms with Crippen LogP contribution in [0.25, 0.3) is 0 Å².